The molecule has 2 aromatic carbocycles. The van der Waals surface area contributed by atoms with Crippen LogP contribution < -0.4 is 15.9 Å². The highest BCUT2D eigenvalue weighted by molar-refractivity contribution is 14.1. The van der Waals surface area contributed by atoms with Crippen LogP contribution in [0.3, 0.4) is 0 Å². The molecule has 0 radical (unpaired) electrons. The van der Waals surface area contributed by atoms with Crippen molar-refractivity contribution >= 4 is 62.8 Å². The van der Waals surface area contributed by atoms with E-state index in [4.69, 9.17) is 10.5 Å². The van der Waals surface area contributed by atoms with Gasteiger partial charge in [-0.3, -0.25) is 0 Å². The highest BCUT2D eigenvalue weighted by atomic mass is 127. The van der Waals surface area contributed by atoms with Crippen LogP contribution in [0.4, 0.5) is 5.82 Å². The summed E-state index contributed by atoms with van der Waals surface area (Å²) in [6.07, 6.45) is 2.55. The minimum Gasteiger partial charge on any atom is -0.494 e. The van der Waals surface area contributed by atoms with Gasteiger partial charge in [0, 0.05) is 0 Å². The third kappa shape index (κ3) is 4.95. The number of aromatic nitrogens is 4. The molecule has 0 saturated carbocycles. The Hall–Kier alpha value is -2.48. The van der Waals surface area contributed by atoms with E-state index in [1.807, 2.05) is 24.3 Å². The summed E-state index contributed by atoms with van der Waals surface area (Å²) in [5, 5.41) is 36.5. The van der Waals surface area contributed by atoms with Crippen LogP contribution in [0.2, 0.25) is 0 Å². The van der Waals surface area contributed by atoms with E-state index in [9.17, 15) is 15.2 Å². The SMILES string of the molecule is CC(O)(CCCOc1ccc2cc(B(O)O)ccc2c1)Cn1nc(I)c2c(N)ncnc21. The molecule has 0 saturated heterocycles. The number of ether oxygens (including phenoxy) is 1. The lowest BCUT2D eigenvalue weighted by Crippen LogP contribution is -2.31. The fourth-order valence-corrected chi connectivity index (χ4v) is 4.41. The van der Waals surface area contributed by atoms with E-state index in [2.05, 4.69) is 37.7 Å². The van der Waals surface area contributed by atoms with Crippen LogP contribution in [0.1, 0.15) is 19.8 Å². The van der Waals surface area contributed by atoms with Gasteiger partial charge in [0.2, 0.25) is 0 Å². The Labute approximate surface area is 198 Å². The van der Waals surface area contributed by atoms with Crippen molar-refractivity contribution < 1.29 is 19.9 Å². The second kappa shape index (κ2) is 9.18. The highest BCUT2D eigenvalue weighted by Crippen LogP contribution is 2.25. The zero-order valence-electron chi connectivity index (χ0n) is 17.4. The number of nitrogens with zero attached hydrogens (tertiary/aromatic N) is 4. The summed E-state index contributed by atoms with van der Waals surface area (Å²) >= 11 is 2.09. The Morgan fingerprint density at radius 3 is 2.69 bits per heavy atom. The molecule has 0 spiro atoms. The number of aliphatic hydroxyl groups is 1. The molecule has 0 fully saturated rings. The zero-order valence-corrected chi connectivity index (χ0v) is 19.6. The van der Waals surface area contributed by atoms with Gasteiger partial charge in [-0.05, 0) is 70.7 Å². The van der Waals surface area contributed by atoms with Crippen molar-refractivity contribution in [3.8, 4) is 5.75 Å². The minimum atomic E-state index is -1.49. The molecule has 4 rings (SSSR count). The summed E-state index contributed by atoms with van der Waals surface area (Å²) in [6.45, 7) is 2.49. The molecule has 1 atom stereocenters. The predicted molar refractivity (Wildman–Crippen MR) is 132 cm³/mol. The molecule has 0 aliphatic carbocycles. The molecule has 2 heterocycles. The Morgan fingerprint density at radius 1 is 1.16 bits per heavy atom. The molecule has 0 aliphatic heterocycles. The molecule has 11 heteroatoms. The van der Waals surface area contributed by atoms with Crippen molar-refractivity contribution in [1.82, 2.24) is 19.7 Å². The number of hydrogen-bond donors (Lipinski definition) is 4. The summed E-state index contributed by atoms with van der Waals surface area (Å²) in [5.41, 5.74) is 5.98. The van der Waals surface area contributed by atoms with E-state index in [0.29, 0.717) is 51.2 Å². The number of anilines is 1. The van der Waals surface area contributed by atoms with Crippen molar-refractivity contribution in [3.63, 3.8) is 0 Å². The molecule has 32 heavy (non-hydrogen) atoms. The molecule has 2 aromatic heterocycles. The van der Waals surface area contributed by atoms with Gasteiger partial charge >= 0.3 is 7.12 Å². The third-order valence-electron chi connectivity index (χ3n) is 5.27. The fraction of sp³-hybridized carbons (Fsp3) is 0.286. The van der Waals surface area contributed by atoms with E-state index in [1.54, 1.807) is 23.7 Å². The minimum absolute atomic E-state index is 0.276. The zero-order chi connectivity index (χ0) is 22.9. The van der Waals surface area contributed by atoms with Crippen LogP contribution in [-0.2, 0) is 6.54 Å². The van der Waals surface area contributed by atoms with Gasteiger partial charge in [0.15, 0.2) is 5.65 Å². The maximum Gasteiger partial charge on any atom is 0.488 e. The first-order chi connectivity index (χ1) is 15.2. The number of hydrogen-bond acceptors (Lipinski definition) is 8. The molecule has 5 N–H and O–H groups in total. The van der Waals surface area contributed by atoms with E-state index in [1.165, 1.54) is 6.33 Å². The molecule has 166 valence electrons. The van der Waals surface area contributed by atoms with Crippen molar-refractivity contribution in [2.24, 2.45) is 0 Å². The number of nitrogens with two attached hydrogens (primary N) is 1. The number of nitrogen functional groups attached to an aromatic ring is 1. The van der Waals surface area contributed by atoms with E-state index in [0.717, 1.165) is 10.8 Å². The molecule has 0 aliphatic rings. The van der Waals surface area contributed by atoms with Crippen LogP contribution in [0.15, 0.2) is 42.7 Å². The Bertz CT molecular complexity index is 1260. The second-order valence-electron chi connectivity index (χ2n) is 8.00. The number of benzene rings is 2. The average molecular weight is 547 g/mol. The van der Waals surface area contributed by atoms with Crippen molar-refractivity contribution in [2.75, 3.05) is 12.3 Å². The van der Waals surface area contributed by atoms with Gasteiger partial charge < -0.3 is 25.6 Å². The lowest BCUT2D eigenvalue weighted by atomic mass is 9.79. The largest absolute Gasteiger partial charge is 0.494 e. The molecule has 1 unspecified atom stereocenters. The lowest BCUT2D eigenvalue weighted by molar-refractivity contribution is 0.0254. The standard InChI is InChI=1S/C21H23BIN5O4/c1-21(29,11-28-20-17(18(23)27-28)19(24)25-12-26-20)7-2-8-32-16-6-4-13-9-15(22(30)31)5-3-14(13)10-16/h3-6,9-10,12,29-31H,2,7-8,11H2,1H3,(H2,24,25,26). The van der Waals surface area contributed by atoms with Gasteiger partial charge in [-0.25, -0.2) is 14.6 Å². The summed E-state index contributed by atoms with van der Waals surface area (Å²) in [6, 6.07) is 10.9. The van der Waals surface area contributed by atoms with Gasteiger partial charge in [-0.15, -0.1) is 0 Å². The first kappa shape index (κ1) is 22.7. The van der Waals surface area contributed by atoms with Gasteiger partial charge in [-0.1, -0.05) is 24.3 Å². The first-order valence-corrected chi connectivity index (χ1v) is 11.2. The molecular formula is C21H23BIN5O4. The molecule has 0 bridgehead atoms. The van der Waals surface area contributed by atoms with Crippen LogP contribution in [0.25, 0.3) is 21.8 Å². The average Bonchev–Trinajstić information content (AvgIpc) is 3.06. The molecular weight excluding hydrogens is 524 g/mol. The quantitative estimate of drug-likeness (QED) is 0.148. The maximum atomic E-state index is 10.9. The normalized spacial score (nSPS) is 13.4. The fourth-order valence-electron chi connectivity index (χ4n) is 3.63. The first-order valence-electron chi connectivity index (χ1n) is 10.1. The number of rotatable bonds is 8. The number of halogens is 1. The van der Waals surface area contributed by atoms with Crippen LogP contribution in [0, 0.1) is 3.70 Å². The maximum absolute atomic E-state index is 10.9. The third-order valence-corrected chi connectivity index (χ3v) is 6.02. The van der Waals surface area contributed by atoms with Crippen LogP contribution in [0.5, 0.6) is 5.75 Å². The Kier molecular flexibility index (Phi) is 6.51. The Morgan fingerprint density at radius 2 is 1.91 bits per heavy atom. The molecule has 4 aromatic rings. The van der Waals surface area contributed by atoms with Crippen LogP contribution in [-0.4, -0.2) is 54.2 Å². The predicted octanol–water partition coefficient (Wildman–Crippen LogP) is 1.46. The van der Waals surface area contributed by atoms with Crippen molar-refractivity contribution in [1.29, 1.82) is 0 Å². The van der Waals surface area contributed by atoms with Crippen LogP contribution >= 0.6 is 22.6 Å². The number of fused-ring (bicyclic) bond motifs is 2. The van der Waals surface area contributed by atoms with E-state index < -0.39 is 12.7 Å². The topological polar surface area (TPSA) is 140 Å². The van der Waals surface area contributed by atoms with Crippen molar-refractivity contribution in [2.45, 2.75) is 31.9 Å². The van der Waals surface area contributed by atoms with E-state index in [-0.39, 0.29) is 6.54 Å². The van der Waals surface area contributed by atoms with Gasteiger partial charge in [-0.2, -0.15) is 5.10 Å². The smallest absolute Gasteiger partial charge is 0.488 e. The summed E-state index contributed by atoms with van der Waals surface area (Å²) in [5.74, 6) is 1.09. The molecule has 0 amide bonds. The second-order valence-corrected chi connectivity index (χ2v) is 9.02. The summed E-state index contributed by atoms with van der Waals surface area (Å²) in [7, 11) is -1.49. The van der Waals surface area contributed by atoms with Crippen molar-refractivity contribution in [3.05, 3.63) is 46.4 Å². The summed E-state index contributed by atoms with van der Waals surface area (Å²) < 4.78 is 8.22. The van der Waals surface area contributed by atoms with Gasteiger partial charge in [0.25, 0.3) is 0 Å². The van der Waals surface area contributed by atoms with Gasteiger partial charge in [0.05, 0.1) is 24.1 Å². The highest BCUT2D eigenvalue weighted by Gasteiger charge is 2.24. The Balaban J connectivity index is 1.35. The van der Waals surface area contributed by atoms with Gasteiger partial charge in [0.1, 0.15) is 21.6 Å². The van der Waals surface area contributed by atoms with E-state index >= 15 is 0 Å². The molecule has 9 nitrogen and oxygen atoms in total. The lowest BCUT2D eigenvalue weighted by Gasteiger charge is -2.23. The summed E-state index contributed by atoms with van der Waals surface area (Å²) in [4.78, 5) is 8.27. The monoisotopic (exact) mass is 547 g/mol.